The fourth-order valence-corrected chi connectivity index (χ4v) is 3.80. The third kappa shape index (κ3) is 5.14. The van der Waals surface area contributed by atoms with Crippen molar-refractivity contribution in [1.82, 2.24) is 20.2 Å². The molecule has 3 aromatic rings. The Morgan fingerprint density at radius 3 is 2.64 bits per heavy atom. The number of anilines is 1. The second-order valence-electron chi connectivity index (χ2n) is 8.54. The quantitative estimate of drug-likeness (QED) is 0.457. The zero-order valence-corrected chi connectivity index (χ0v) is 18.8. The number of hydrogen-bond donors (Lipinski definition) is 3. The number of imidazole rings is 1. The van der Waals surface area contributed by atoms with E-state index in [0.717, 1.165) is 33.7 Å². The topological polar surface area (TPSA) is 116 Å². The lowest BCUT2D eigenvalue weighted by Crippen LogP contribution is -2.34. The minimum Gasteiger partial charge on any atom is -0.497 e. The third-order valence-corrected chi connectivity index (χ3v) is 5.41. The molecule has 1 aromatic heterocycles. The number of H-pyrrole nitrogens is 1. The van der Waals surface area contributed by atoms with Gasteiger partial charge in [0, 0.05) is 12.1 Å². The summed E-state index contributed by atoms with van der Waals surface area (Å²) in [4.78, 5) is 46.6. The third-order valence-electron chi connectivity index (χ3n) is 5.41. The zero-order chi connectivity index (χ0) is 23.5. The Hall–Kier alpha value is -3.88. The Balaban J connectivity index is 1.37. The lowest BCUT2D eigenvalue weighted by Gasteiger charge is -2.13. The van der Waals surface area contributed by atoms with Crippen LogP contribution >= 0.6 is 0 Å². The Bertz CT molecular complexity index is 1190. The molecule has 2 aromatic carbocycles. The molecule has 0 saturated carbocycles. The summed E-state index contributed by atoms with van der Waals surface area (Å²) in [6.07, 6.45) is 0.691. The van der Waals surface area contributed by atoms with Gasteiger partial charge in [-0.05, 0) is 41.8 Å². The second kappa shape index (κ2) is 9.32. The van der Waals surface area contributed by atoms with Crippen LogP contribution in [0.25, 0.3) is 11.0 Å². The number of nitrogens with one attached hydrogen (secondary N) is 3. The molecule has 1 saturated heterocycles. The molecule has 9 nitrogen and oxygen atoms in total. The maximum Gasteiger partial charge on any atom is 0.325 e. The van der Waals surface area contributed by atoms with E-state index in [1.807, 2.05) is 12.1 Å². The van der Waals surface area contributed by atoms with Crippen LogP contribution in [0.2, 0.25) is 0 Å². The van der Waals surface area contributed by atoms with Gasteiger partial charge in [0.15, 0.2) is 0 Å². The Morgan fingerprint density at radius 1 is 1.18 bits per heavy atom. The minimum absolute atomic E-state index is 0.127. The van der Waals surface area contributed by atoms with Gasteiger partial charge in [-0.1, -0.05) is 26.0 Å². The summed E-state index contributed by atoms with van der Waals surface area (Å²) in [5.41, 5.74) is 3.05. The SMILES string of the molecule is COc1ccc(CN2C(=O)NC(CC(=O)Nc3ccc4nc(CC(C)C)[nH]c4c3)C2=O)cc1. The lowest BCUT2D eigenvalue weighted by atomic mass is 10.1. The van der Waals surface area contributed by atoms with Crippen LogP contribution in [0.3, 0.4) is 0 Å². The van der Waals surface area contributed by atoms with Gasteiger partial charge >= 0.3 is 6.03 Å². The highest BCUT2D eigenvalue weighted by molar-refractivity contribution is 6.07. The molecule has 1 fully saturated rings. The number of aromatic nitrogens is 2. The molecule has 172 valence electrons. The first kappa shape index (κ1) is 22.3. The van der Waals surface area contributed by atoms with Gasteiger partial charge in [0.05, 0.1) is 31.1 Å². The van der Waals surface area contributed by atoms with E-state index >= 15 is 0 Å². The molecule has 4 rings (SSSR count). The first-order chi connectivity index (χ1) is 15.8. The maximum atomic E-state index is 12.7. The molecule has 9 heteroatoms. The standard InChI is InChI=1S/C24H27N5O4/c1-14(2)10-21-26-18-9-6-16(11-19(18)27-21)25-22(30)12-20-23(31)29(24(32)28-20)13-15-4-7-17(33-3)8-5-15/h4-9,11,14,20H,10,12-13H2,1-3H3,(H,25,30)(H,26,27)(H,28,32). The van der Waals surface area contributed by atoms with Crippen molar-refractivity contribution in [3.63, 3.8) is 0 Å². The normalized spacial score (nSPS) is 15.9. The zero-order valence-electron chi connectivity index (χ0n) is 18.8. The van der Waals surface area contributed by atoms with Gasteiger partial charge in [0.2, 0.25) is 5.91 Å². The largest absolute Gasteiger partial charge is 0.497 e. The van der Waals surface area contributed by atoms with E-state index in [4.69, 9.17) is 4.74 Å². The number of benzene rings is 2. The molecule has 33 heavy (non-hydrogen) atoms. The first-order valence-corrected chi connectivity index (χ1v) is 10.9. The molecule has 1 aliphatic rings. The van der Waals surface area contributed by atoms with E-state index in [2.05, 4.69) is 34.4 Å². The van der Waals surface area contributed by atoms with Crippen LogP contribution in [0.5, 0.6) is 5.75 Å². The molecule has 1 aliphatic heterocycles. The van der Waals surface area contributed by atoms with Crippen molar-refractivity contribution < 1.29 is 19.1 Å². The molecule has 1 unspecified atom stereocenters. The van der Waals surface area contributed by atoms with Crippen molar-refractivity contribution in [3.8, 4) is 5.75 Å². The maximum absolute atomic E-state index is 12.7. The number of methoxy groups -OCH3 is 1. The van der Waals surface area contributed by atoms with Crippen LogP contribution < -0.4 is 15.4 Å². The number of rotatable bonds is 8. The molecule has 0 aliphatic carbocycles. The number of carbonyl (C=O) groups is 3. The predicted molar refractivity (Wildman–Crippen MR) is 124 cm³/mol. The summed E-state index contributed by atoms with van der Waals surface area (Å²) in [7, 11) is 1.57. The van der Waals surface area contributed by atoms with Crippen LogP contribution in [0.4, 0.5) is 10.5 Å². The number of nitrogens with zero attached hydrogens (tertiary/aromatic N) is 2. The van der Waals surface area contributed by atoms with Gasteiger partial charge in [-0.2, -0.15) is 0 Å². The Labute approximate surface area is 191 Å². The van der Waals surface area contributed by atoms with Crippen LogP contribution in [0, 0.1) is 5.92 Å². The van der Waals surface area contributed by atoms with Crippen molar-refractivity contribution in [2.75, 3.05) is 12.4 Å². The van der Waals surface area contributed by atoms with Gasteiger partial charge in [-0.15, -0.1) is 0 Å². The molecule has 2 heterocycles. The van der Waals surface area contributed by atoms with Crippen molar-refractivity contribution >= 4 is 34.6 Å². The molecular formula is C24H27N5O4. The number of amides is 4. The average Bonchev–Trinajstić information content (AvgIpc) is 3.28. The van der Waals surface area contributed by atoms with E-state index in [1.165, 1.54) is 0 Å². The van der Waals surface area contributed by atoms with Gasteiger partial charge in [0.1, 0.15) is 17.6 Å². The minimum atomic E-state index is -0.899. The summed E-state index contributed by atoms with van der Waals surface area (Å²) < 4.78 is 5.12. The van der Waals surface area contributed by atoms with Crippen LogP contribution in [0.15, 0.2) is 42.5 Å². The van der Waals surface area contributed by atoms with E-state index in [0.29, 0.717) is 17.4 Å². The monoisotopic (exact) mass is 449 g/mol. The molecule has 0 bridgehead atoms. The Kier molecular flexibility index (Phi) is 6.30. The highest BCUT2D eigenvalue weighted by Gasteiger charge is 2.39. The van der Waals surface area contributed by atoms with Gasteiger partial charge < -0.3 is 20.4 Å². The van der Waals surface area contributed by atoms with E-state index in [9.17, 15) is 14.4 Å². The van der Waals surface area contributed by atoms with E-state index in [-0.39, 0.29) is 18.9 Å². The van der Waals surface area contributed by atoms with Crippen molar-refractivity contribution in [2.45, 2.75) is 39.3 Å². The van der Waals surface area contributed by atoms with Gasteiger partial charge in [-0.3, -0.25) is 14.5 Å². The summed E-state index contributed by atoms with van der Waals surface area (Å²) in [6.45, 7) is 4.38. The number of urea groups is 1. The highest BCUT2D eigenvalue weighted by atomic mass is 16.5. The fourth-order valence-electron chi connectivity index (χ4n) is 3.80. The summed E-state index contributed by atoms with van der Waals surface area (Å²) >= 11 is 0. The number of carbonyl (C=O) groups excluding carboxylic acids is 3. The average molecular weight is 450 g/mol. The van der Waals surface area contributed by atoms with E-state index in [1.54, 1.807) is 37.4 Å². The molecule has 0 spiro atoms. The van der Waals surface area contributed by atoms with E-state index < -0.39 is 18.0 Å². The van der Waals surface area contributed by atoms with Crippen LogP contribution in [0.1, 0.15) is 31.7 Å². The number of fused-ring (bicyclic) bond motifs is 1. The molecule has 3 N–H and O–H groups in total. The number of ether oxygens (including phenoxy) is 1. The Morgan fingerprint density at radius 2 is 1.94 bits per heavy atom. The molecule has 4 amide bonds. The fraction of sp³-hybridized carbons (Fsp3) is 0.333. The predicted octanol–water partition coefficient (Wildman–Crippen LogP) is 3.22. The highest BCUT2D eigenvalue weighted by Crippen LogP contribution is 2.20. The number of imide groups is 1. The smallest absolute Gasteiger partial charge is 0.325 e. The summed E-state index contributed by atoms with van der Waals surface area (Å²) in [6, 6.07) is 11.1. The number of hydrogen-bond acceptors (Lipinski definition) is 5. The lowest BCUT2D eigenvalue weighted by molar-refractivity contribution is -0.130. The van der Waals surface area contributed by atoms with Crippen LogP contribution in [-0.4, -0.2) is 45.9 Å². The van der Waals surface area contributed by atoms with Crippen LogP contribution in [-0.2, 0) is 22.6 Å². The van der Waals surface area contributed by atoms with Crippen molar-refractivity contribution in [1.29, 1.82) is 0 Å². The number of aromatic amines is 1. The molecule has 1 atom stereocenters. The van der Waals surface area contributed by atoms with Crippen molar-refractivity contribution in [2.24, 2.45) is 5.92 Å². The molecular weight excluding hydrogens is 422 g/mol. The van der Waals surface area contributed by atoms with Gasteiger partial charge in [0.25, 0.3) is 5.91 Å². The van der Waals surface area contributed by atoms with Crippen molar-refractivity contribution in [3.05, 3.63) is 53.9 Å². The summed E-state index contributed by atoms with van der Waals surface area (Å²) in [5, 5.41) is 5.40. The van der Waals surface area contributed by atoms with Gasteiger partial charge in [-0.25, -0.2) is 9.78 Å². The second-order valence-corrected chi connectivity index (χ2v) is 8.54. The first-order valence-electron chi connectivity index (χ1n) is 10.9. The summed E-state index contributed by atoms with van der Waals surface area (Å²) in [5.74, 6) is 1.29. The molecule has 0 radical (unpaired) electrons.